The number of nitrogens with zero attached hydrogens (tertiary/aromatic N) is 2. The number of carbonyl (C=O) groups excluding carboxylic acids is 2. The van der Waals surface area contributed by atoms with Crippen LogP contribution in [0.5, 0.6) is 0 Å². The molecule has 12 heteroatoms. The molecular formula is C22H34F2N4O6. The molecule has 2 heterocycles. The van der Waals surface area contributed by atoms with Crippen molar-refractivity contribution in [3.63, 3.8) is 0 Å². The van der Waals surface area contributed by atoms with Crippen molar-refractivity contribution in [2.24, 2.45) is 17.6 Å². The number of aromatic nitrogens is 2. The molecule has 1 saturated heterocycles. The Bertz CT molecular complexity index is 904. The van der Waals surface area contributed by atoms with Crippen LogP contribution in [0.25, 0.3) is 0 Å². The molecule has 0 saturated carbocycles. The fourth-order valence-corrected chi connectivity index (χ4v) is 3.73. The molecule has 4 N–H and O–H groups in total. The Labute approximate surface area is 196 Å². The highest BCUT2D eigenvalue weighted by Gasteiger charge is 2.62. The summed E-state index contributed by atoms with van der Waals surface area (Å²) in [5, 5.41) is 12.1. The third kappa shape index (κ3) is 6.16. The third-order valence-electron chi connectivity index (χ3n) is 5.74. The van der Waals surface area contributed by atoms with Gasteiger partial charge in [-0.2, -0.15) is 13.8 Å². The maximum absolute atomic E-state index is 15.2. The highest BCUT2D eigenvalue weighted by molar-refractivity contribution is 5.91. The van der Waals surface area contributed by atoms with Gasteiger partial charge in [-0.05, 0) is 24.8 Å². The maximum atomic E-state index is 15.2. The van der Waals surface area contributed by atoms with Gasteiger partial charge in [0.15, 0.2) is 6.10 Å². The number of aliphatic hydroxyl groups excluding tert-OH is 1. The normalized spacial score (nSPS) is 22.7. The fraction of sp³-hybridized carbons (Fsp3) is 0.727. The van der Waals surface area contributed by atoms with Gasteiger partial charge < -0.3 is 25.6 Å². The summed E-state index contributed by atoms with van der Waals surface area (Å²) in [5.74, 6) is -5.93. The molecule has 2 rings (SSSR count). The van der Waals surface area contributed by atoms with E-state index in [1.54, 1.807) is 13.8 Å². The highest BCUT2D eigenvalue weighted by Crippen LogP contribution is 2.44. The topological polar surface area (TPSA) is 146 Å². The van der Waals surface area contributed by atoms with Crippen LogP contribution in [0.15, 0.2) is 17.1 Å². The van der Waals surface area contributed by atoms with Crippen LogP contribution in [0.2, 0.25) is 0 Å². The number of hydrogen-bond donors (Lipinski definition) is 3. The molecule has 192 valence electrons. The van der Waals surface area contributed by atoms with E-state index in [4.69, 9.17) is 15.2 Å². The molecule has 0 unspecified atom stereocenters. The van der Waals surface area contributed by atoms with Crippen LogP contribution in [0.4, 0.5) is 14.6 Å². The van der Waals surface area contributed by atoms with Gasteiger partial charge in [-0.25, -0.2) is 4.79 Å². The Morgan fingerprint density at radius 1 is 1.32 bits per heavy atom. The zero-order chi connectivity index (χ0) is 25.6. The van der Waals surface area contributed by atoms with Crippen LogP contribution < -0.4 is 16.7 Å². The van der Waals surface area contributed by atoms with E-state index in [1.165, 1.54) is 6.07 Å². The molecule has 0 radical (unpaired) electrons. The summed E-state index contributed by atoms with van der Waals surface area (Å²) in [6, 6.07) is 0.0565. The minimum absolute atomic E-state index is 0.0747. The number of nitrogens with one attached hydrogen (secondary N) is 1. The molecular weight excluding hydrogens is 454 g/mol. The number of esters is 1. The van der Waals surface area contributed by atoms with Gasteiger partial charge in [-0.15, -0.1) is 0 Å². The van der Waals surface area contributed by atoms with Gasteiger partial charge in [0.1, 0.15) is 18.0 Å². The molecule has 0 spiro atoms. The summed E-state index contributed by atoms with van der Waals surface area (Å²) in [7, 11) is 0. The fourth-order valence-electron chi connectivity index (χ4n) is 3.73. The Morgan fingerprint density at radius 3 is 2.44 bits per heavy atom. The number of anilines is 1. The first-order valence-corrected chi connectivity index (χ1v) is 11.5. The average Bonchev–Trinajstić information content (AvgIpc) is 3.02. The van der Waals surface area contributed by atoms with Crippen molar-refractivity contribution in [3.8, 4) is 0 Å². The first-order valence-electron chi connectivity index (χ1n) is 11.5. The van der Waals surface area contributed by atoms with Gasteiger partial charge in [0.2, 0.25) is 12.1 Å². The Balaban J connectivity index is 2.24. The second-order valence-electron chi connectivity index (χ2n) is 8.78. The molecule has 1 amide bonds. The van der Waals surface area contributed by atoms with E-state index in [2.05, 4.69) is 10.3 Å². The second-order valence-corrected chi connectivity index (χ2v) is 8.78. The van der Waals surface area contributed by atoms with Crippen molar-refractivity contribution in [1.29, 1.82) is 0 Å². The van der Waals surface area contributed by atoms with E-state index in [9.17, 15) is 19.5 Å². The SMILES string of the molecule is CCCC(CCC)C(=O)Nc1ccn([C@@H]2O[C@H](CO)[C@@H](OC(=O)[C@@H](N)C(C)C)C2(F)F)c(=O)n1. The predicted molar refractivity (Wildman–Crippen MR) is 119 cm³/mol. The second kappa shape index (κ2) is 11.8. The van der Waals surface area contributed by atoms with Crippen molar-refractivity contribution >= 4 is 17.7 Å². The number of alkyl halides is 2. The van der Waals surface area contributed by atoms with Gasteiger partial charge in [0.05, 0.1) is 6.61 Å². The molecule has 1 aliphatic heterocycles. The lowest BCUT2D eigenvalue weighted by Gasteiger charge is -2.25. The van der Waals surface area contributed by atoms with Crippen molar-refractivity contribution in [1.82, 2.24) is 9.55 Å². The molecule has 0 aromatic carbocycles. The summed E-state index contributed by atoms with van der Waals surface area (Å²) >= 11 is 0. The van der Waals surface area contributed by atoms with Crippen molar-refractivity contribution < 1.29 is 33.0 Å². The molecule has 0 aliphatic carbocycles. The molecule has 4 atom stereocenters. The van der Waals surface area contributed by atoms with Crippen LogP contribution in [-0.2, 0) is 19.1 Å². The maximum Gasteiger partial charge on any atom is 0.351 e. The van der Waals surface area contributed by atoms with Gasteiger partial charge in [-0.1, -0.05) is 40.5 Å². The Morgan fingerprint density at radius 2 is 1.94 bits per heavy atom. The number of aliphatic hydroxyl groups is 1. The van der Waals surface area contributed by atoms with E-state index < -0.39 is 48.7 Å². The number of rotatable bonds is 11. The summed E-state index contributed by atoms with van der Waals surface area (Å²) in [6.07, 6.45) is -1.97. The van der Waals surface area contributed by atoms with Crippen molar-refractivity contribution in [2.45, 2.75) is 83.8 Å². The van der Waals surface area contributed by atoms with E-state index in [1.807, 2.05) is 13.8 Å². The zero-order valence-electron chi connectivity index (χ0n) is 19.9. The minimum Gasteiger partial charge on any atom is -0.452 e. The summed E-state index contributed by atoms with van der Waals surface area (Å²) in [4.78, 5) is 40.9. The number of halogens is 2. The number of amides is 1. The van der Waals surface area contributed by atoms with Crippen molar-refractivity contribution in [3.05, 3.63) is 22.7 Å². The smallest absolute Gasteiger partial charge is 0.351 e. The summed E-state index contributed by atoms with van der Waals surface area (Å²) in [6.45, 7) is 6.28. The standard InChI is InChI=1S/C22H34F2N4O6/c1-5-7-13(8-6-2)18(30)26-15-9-10-28(21(32)27-15)20-22(23,24)17(14(11-29)33-20)34-19(31)16(25)12(3)4/h9-10,12-14,16-17,20,29H,5-8,11,25H2,1-4H3,(H,26,27,30,32)/t14-,16+,17-,20-/m1/s1. The molecule has 1 fully saturated rings. The number of hydrogen-bond acceptors (Lipinski definition) is 8. The van der Waals surface area contributed by atoms with E-state index in [0.29, 0.717) is 17.4 Å². The van der Waals surface area contributed by atoms with Gasteiger partial charge in [-0.3, -0.25) is 14.2 Å². The molecule has 1 aromatic rings. The molecule has 1 aromatic heterocycles. The van der Waals surface area contributed by atoms with Crippen LogP contribution in [-0.4, -0.2) is 57.3 Å². The lowest BCUT2D eigenvalue weighted by molar-refractivity contribution is -0.178. The van der Waals surface area contributed by atoms with Gasteiger partial charge in [0, 0.05) is 12.1 Å². The third-order valence-corrected chi connectivity index (χ3v) is 5.74. The van der Waals surface area contributed by atoms with Crippen LogP contribution in [0, 0.1) is 11.8 Å². The number of nitrogens with two attached hydrogens (primary N) is 1. The highest BCUT2D eigenvalue weighted by atomic mass is 19.3. The Kier molecular flexibility index (Phi) is 9.65. The first kappa shape index (κ1) is 27.8. The molecule has 1 aliphatic rings. The predicted octanol–water partition coefficient (Wildman–Crippen LogP) is 1.82. The first-order chi connectivity index (χ1) is 16.0. The summed E-state index contributed by atoms with van der Waals surface area (Å²) in [5.41, 5.74) is 4.57. The Hall–Kier alpha value is -2.44. The van der Waals surface area contributed by atoms with Crippen molar-refractivity contribution in [2.75, 3.05) is 11.9 Å². The largest absolute Gasteiger partial charge is 0.452 e. The van der Waals surface area contributed by atoms with E-state index in [-0.39, 0.29) is 23.6 Å². The van der Waals surface area contributed by atoms with Gasteiger partial charge in [0.25, 0.3) is 0 Å². The summed E-state index contributed by atoms with van der Waals surface area (Å²) < 4.78 is 41.0. The van der Waals surface area contributed by atoms with E-state index in [0.717, 1.165) is 19.0 Å². The minimum atomic E-state index is -3.87. The molecule has 34 heavy (non-hydrogen) atoms. The van der Waals surface area contributed by atoms with Gasteiger partial charge >= 0.3 is 17.6 Å². The molecule has 0 bridgehead atoms. The average molecular weight is 489 g/mol. The van der Waals surface area contributed by atoms with Crippen LogP contribution in [0.3, 0.4) is 0 Å². The zero-order valence-corrected chi connectivity index (χ0v) is 19.9. The molecule has 10 nitrogen and oxygen atoms in total. The number of carbonyl (C=O) groups is 2. The lowest BCUT2D eigenvalue weighted by atomic mass is 9.97. The van der Waals surface area contributed by atoms with Crippen LogP contribution >= 0.6 is 0 Å². The van der Waals surface area contributed by atoms with Crippen LogP contribution in [0.1, 0.15) is 59.6 Å². The number of ether oxygens (including phenoxy) is 2. The quantitative estimate of drug-likeness (QED) is 0.400. The van der Waals surface area contributed by atoms with E-state index >= 15 is 8.78 Å². The monoisotopic (exact) mass is 488 g/mol. The lowest BCUT2D eigenvalue weighted by Crippen LogP contribution is -2.48.